The molecule has 1 aromatic heterocycles. The molecule has 1 saturated carbocycles. The monoisotopic (exact) mass is 378 g/mol. The first-order chi connectivity index (χ1) is 13.1. The zero-order valence-electron chi connectivity index (χ0n) is 15.4. The fourth-order valence-electron chi connectivity index (χ4n) is 3.01. The number of pyridine rings is 1. The molecule has 138 valence electrons. The summed E-state index contributed by atoms with van der Waals surface area (Å²) in [4.78, 5) is 17.1. The van der Waals surface area contributed by atoms with Crippen LogP contribution >= 0.6 is 11.8 Å². The van der Waals surface area contributed by atoms with Gasteiger partial charge in [-0.05, 0) is 49.1 Å². The molecule has 0 bridgehead atoms. The highest BCUT2D eigenvalue weighted by Gasteiger charge is 2.26. The summed E-state index contributed by atoms with van der Waals surface area (Å²) in [5.74, 6) is 0.854. The largest absolute Gasteiger partial charge is 0.497 e. The number of fused-ring (bicyclic) bond motifs is 1. The summed E-state index contributed by atoms with van der Waals surface area (Å²) >= 11 is 1.49. The van der Waals surface area contributed by atoms with E-state index in [0.717, 1.165) is 45.6 Å². The lowest BCUT2D eigenvalue weighted by molar-refractivity contribution is -0.120. The van der Waals surface area contributed by atoms with E-state index < -0.39 is 0 Å². The van der Waals surface area contributed by atoms with Crippen molar-refractivity contribution >= 4 is 28.6 Å². The number of benzene rings is 2. The molecule has 0 radical (unpaired) electrons. The smallest absolute Gasteiger partial charge is 0.233 e. The standard InChI is InChI=1S/C22H22N2O2S/c1-14(22(25)23-16-8-9-16)27-21-13-19(15-6-4-3-5-7-15)18-11-10-17(26-2)12-20(18)24-21/h3-7,10-14,16H,8-9H2,1-2H3,(H,23,25)/t14-/m1/s1. The SMILES string of the molecule is COc1ccc2c(-c3ccccc3)cc(S[C@H](C)C(=O)NC3CC3)nc2c1. The molecular weight excluding hydrogens is 356 g/mol. The topological polar surface area (TPSA) is 51.2 Å². The number of nitrogens with one attached hydrogen (secondary N) is 1. The van der Waals surface area contributed by atoms with Crippen LogP contribution in [0.3, 0.4) is 0 Å². The van der Waals surface area contributed by atoms with Gasteiger partial charge in [-0.15, -0.1) is 0 Å². The molecule has 1 fully saturated rings. The van der Waals surface area contributed by atoms with Gasteiger partial charge in [0.15, 0.2) is 0 Å². The fraction of sp³-hybridized carbons (Fsp3) is 0.273. The number of rotatable bonds is 6. The van der Waals surface area contributed by atoms with Gasteiger partial charge in [-0.25, -0.2) is 4.98 Å². The van der Waals surface area contributed by atoms with Crippen LogP contribution in [0.25, 0.3) is 22.0 Å². The Labute approximate surface area is 163 Å². The number of ether oxygens (including phenoxy) is 1. The Kier molecular flexibility index (Phi) is 5.03. The summed E-state index contributed by atoms with van der Waals surface area (Å²) in [5.41, 5.74) is 3.11. The summed E-state index contributed by atoms with van der Waals surface area (Å²) in [6, 6.07) is 18.7. The van der Waals surface area contributed by atoms with Gasteiger partial charge in [0.1, 0.15) is 5.75 Å². The number of hydrogen-bond acceptors (Lipinski definition) is 4. The summed E-state index contributed by atoms with van der Waals surface area (Å²) < 4.78 is 5.37. The van der Waals surface area contributed by atoms with E-state index in [1.165, 1.54) is 11.8 Å². The van der Waals surface area contributed by atoms with Crippen LogP contribution in [-0.4, -0.2) is 29.3 Å². The Balaban J connectivity index is 1.72. The molecule has 1 heterocycles. The molecule has 1 atom stereocenters. The molecule has 4 rings (SSSR count). The van der Waals surface area contributed by atoms with Crippen molar-refractivity contribution in [3.8, 4) is 16.9 Å². The lowest BCUT2D eigenvalue weighted by Crippen LogP contribution is -2.32. The molecule has 2 aromatic carbocycles. The highest BCUT2D eigenvalue weighted by molar-refractivity contribution is 8.00. The number of nitrogens with zero attached hydrogens (tertiary/aromatic N) is 1. The van der Waals surface area contributed by atoms with Gasteiger partial charge in [0.05, 0.1) is 22.9 Å². The molecule has 0 saturated heterocycles. The summed E-state index contributed by atoms with van der Waals surface area (Å²) in [7, 11) is 1.65. The Hall–Kier alpha value is -2.53. The van der Waals surface area contributed by atoms with E-state index in [-0.39, 0.29) is 11.2 Å². The highest BCUT2D eigenvalue weighted by Crippen LogP contribution is 2.34. The third-order valence-corrected chi connectivity index (χ3v) is 5.69. The number of carbonyl (C=O) groups excluding carboxylic acids is 1. The Morgan fingerprint density at radius 1 is 1.19 bits per heavy atom. The van der Waals surface area contributed by atoms with Crippen molar-refractivity contribution in [1.29, 1.82) is 0 Å². The van der Waals surface area contributed by atoms with Gasteiger partial charge in [0.2, 0.25) is 5.91 Å². The first-order valence-corrected chi connectivity index (χ1v) is 10.0. The second-order valence-electron chi connectivity index (χ2n) is 6.80. The molecule has 4 nitrogen and oxygen atoms in total. The first kappa shape index (κ1) is 17.9. The molecule has 1 aliphatic carbocycles. The third kappa shape index (κ3) is 4.08. The van der Waals surface area contributed by atoms with E-state index in [4.69, 9.17) is 9.72 Å². The van der Waals surface area contributed by atoms with Gasteiger partial charge in [-0.1, -0.05) is 42.1 Å². The highest BCUT2D eigenvalue weighted by atomic mass is 32.2. The van der Waals surface area contributed by atoms with Crippen molar-refractivity contribution in [2.24, 2.45) is 0 Å². The second kappa shape index (κ2) is 7.61. The van der Waals surface area contributed by atoms with Crippen molar-refractivity contribution in [1.82, 2.24) is 10.3 Å². The molecule has 1 aliphatic rings. The average Bonchev–Trinajstić information content (AvgIpc) is 3.51. The summed E-state index contributed by atoms with van der Waals surface area (Å²) in [6.45, 7) is 1.93. The van der Waals surface area contributed by atoms with E-state index in [1.807, 2.05) is 43.3 Å². The van der Waals surface area contributed by atoms with Gasteiger partial charge >= 0.3 is 0 Å². The van der Waals surface area contributed by atoms with Gasteiger partial charge in [0, 0.05) is 17.5 Å². The minimum absolute atomic E-state index is 0.0799. The van der Waals surface area contributed by atoms with E-state index >= 15 is 0 Å². The maximum absolute atomic E-state index is 12.3. The van der Waals surface area contributed by atoms with Gasteiger partial charge in [-0.3, -0.25) is 4.79 Å². The molecule has 1 N–H and O–H groups in total. The molecule has 0 spiro atoms. The molecule has 0 aliphatic heterocycles. The Bertz CT molecular complexity index is 971. The average molecular weight is 378 g/mol. The zero-order chi connectivity index (χ0) is 18.8. The van der Waals surface area contributed by atoms with E-state index in [1.54, 1.807) is 7.11 Å². The van der Waals surface area contributed by atoms with Crippen LogP contribution in [0, 0.1) is 0 Å². The number of amides is 1. The number of aromatic nitrogens is 1. The van der Waals surface area contributed by atoms with E-state index in [2.05, 4.69) is 23.5 Å². The van der Waals surface area contributed by atoms with Crippen LogP contribution in [-0.2, 0) is 4.79 Å². The van der Waals surface area contributed by atoms with E-state index in [9.17, 15) is 4.79 Å². The number of hydrogen-bond donors (Lipinski definition) is 1. The maximum atomic E-state index is 12.3. The zero-order valence-corrected chi connectivity index (χ0v) is 16.3. The molecule has 1 amide bonds. The first-order valence-electron chi connectivity index (χ1n) is 9.15. The van der Waals surface area contributed by atoms with Crippen LogP contribution in [0.4, 0.5) is 0 Å². The lowest BCUT2D eigenvalue weighted by Gasteiger charge is -2.14. The Morgan fingerprint density at radius 2 is 1.96 bits per heavy atom. The normalized spacial score (nSPS) is 14.7. The van der Waals surface area contributed by atoms with Gasteiger partial charge in [-0.2, -0.15) is 0 Å². The van der Waals surface area contributed by atoms with Crippen LogP contribution in [0.1, 0.15) is 19.8 Å². The molecule has 27 heavy (non-hydrogen) atoms. The van der Waals surface area contributed by atoms with Crippen LogP contribution in [0.15, 0.2) is 59.6 Å². The quantitative estimate of drug-likeness (QED) is 0.633. The van der Waals surface area contributed by atoms with Crippen LogP contribution < -0.4 is 10.1 Å². The predicted molar refractivity (Wildman–Crippen MR) is 110 cm³/mol. The Morgan fingerprint density at radius 3 is 2.67 bits per heavy atom. The minimum atomic E-state index is -0.190. The fourth-order valence-corrected chi connectivity index (χ4v) is 3.88. The molecular formula is C22H22N2O2S. The lowest BCUT2D eigenvalue weighted by atomic mass is 10.0. The molecule has 5 heteroatoms. The predicted octanol–water partition coefficient (Wildman–Crippen LogP) is 4.67. The summed E-state index contributed by atoms with van der Waals surface area (Å²) in [6.07, 6.45) is 2.19. The van der Waals surface area contributed by atoms with Crippen molar-refractivity contribution in [3.05, 3.63) is 54.6 Å². The van der Waals surface area contributed by atoms with Gasteiger partial charge < -0.3 is 10.1 Å². The number of methoxy groups -OCH3 is 1. The van der Waals surface area contributed by atoms with Crippen molar-refractivity contribution < 1.29 is 9.53 Å². The van der Waals surface area contributed by atoms with Crippen molar-refractivity contribution in [3.63, 3.8) is 0 Å². The van der Waals surface area contributed by atoms with Crippen molar-refractivity contribution in [2.45, 2.75) is 36.1 Å². The maximum Gasteiger partial charge on any atom is 0.233 e. The molecule has 3 aromatic rings. The summed E-state index contributed by atoms with van der Waals surface area (Å²) in [5, 5.41) is 4.79. The van der Waals surface area contributed by atoms with Crippen LogP contribution in [0.5, 0.6) is 5.75 Å². The number of thioether (sulfide) groups is 1. The van der Waals surface area contributed by atoms with Crippen LogP contribution in [0.2, 0.25) is 0 Å². The van der Waals surface area contributed by atoms with Crippen molar-refractivity contribution in [2.75, 3.05) is 7.11 Å². The molecule has 0 unspecified atom stereocenters. The minimum Gasteiger partial charge on any atom is -0.497 e. The van der Waals surface area contributed by atoms with E-state index in [0.29, 0.717) is 6.04 Å². The number of carbonyl (C=O) groups is 1. The second-order valence-corrected chi connectivity index (χ2v) is 8.16. The third-order valence-electron chi connectivity index (χ3n) is 4.67. The van der Waals surface area contributed by atoms with Gasteiger partial charge in [0.25, 0.3) is 0 Å².